The summed E-state index contributed by atoms with van der Waals surface area (Å²) in [6, 6.07) is 13.7. The predicted octanol–water partition coefficient (Wildman–Crippen LogP) is 2.55. The van der Waals surface area contributed by atoms with Crippen molar-refractivity contribution in [3.63, 3.8) is 0 Å². The fourth-order valence-corrected chi connectivity index (χ4v) is 2.44. The maximum atomic E-state index is 9.69. The van der Waals surface area contributed by atoms with Crippen molar-refractivity contribution >= 4 is 12.6 Å². The van der Waals surface area contributed by atoms with Gasteiger partial charge in [0, 0.05) is 5.46 Å². The molecule has 0 unspecified atom stereocenters. The van der Waals surface area contributed by atoms with Gasteiger partial charge in [0.05, 0.1) is 0 Å². The van der Waals surface area contributed by atoms with Gasteiger partial charge in [-0.15, -0.1) is 0 Å². The van der Waals surface area contributed by atoms with Gasteiger partial charge >= 0.3 is 7.12 Å². The topological polar surface area (TPSA) is 49.7 Å². The van der Waals surface area contributed by atoms with Crippen molar-refractivity contribution in [1.82, 2.24) is 0 Å². The lowest BCUT2D eigenvalue weighted by molar-refractivity contribution is 0.298. The molecule has 0 radical (unpaired) electrons. The highest BCUT2D eigenvalue weighted by molar-refractivity contribution is 6.59. The van der Waals surface area contributed by atoms with E-state index in [9.17, 15) is 10.0 Å². The van der Waals surface area contributed by atoms with Gasteiger partial charge in [-0.05, 0) is 23.5 Å². The zero-order valence-electron chi connectivity index (χ0n) is 13.6. The molecule has 0 saturated heterocycles. The summed E-state index contributed by atoms with van der Waals surface area (Å²) in [5, 5.41) is 19.4. The summed E-state index contributed by atoms with van der Waals surface area (Å²) in [7, 11) is -1.55. The largest absolute Gasteiger partial charge is 0.492 e. The Morgan fingerprint density at radius 2 is 1.68 bits per heavy atom. The number of hydrogen-bond acceptors (Lipinski definition) is 3. The summed E-state index contributed by atoms with van der Waals surface area (Å²) in [6.07, 6.45) is 0. The second kappa shape index (κ2) is 6.55. The van der Waals surface area contributed by atoms with E-state index in [0.717, 1.165) is 16.7 Å². The number of hydrogen-bond donors (Lipinski definition) is 2. The Morgan fingerprint density at radius 3 is 2.23 bits per heavy atom. The third-order valence-electron chi connectivity index (χ3n) is 3.57. The lowest BCUT2D eigenvalue weighted by Gasteiger charge is -2.26. The van der Waals surface area contributed by atoms with E-state index in [4.69, 9.17) is 4.74 Å². The normalized spacial score (nSPS) is 11.4. The first kappa shape index (κ1) is 16.6. The molecule has 0 bridgehead atoms. The lowest BCUT2D eigenvalue weighted by atomic mass is 9.74. The van der Waals surface area contributed by atoms with E-state index in [0.29, 0.717) is 17.8 Å². The van der Waals surface area contributed by atoms with Crippen molar-refractivity contribution in [2.24, 2.45) is 0 Å². The molecule has 2 aromatic rings. The SMILES string of the molecule is Cc1cc(B(O)O)c(OCc2ccccc2)c(C(C)(C)C)c1. The summed E-state index contributed by atoms with van der Waals surface area (Å²) >= 11 is 0. The van der Waals surface area contributed by atoms with Gasteiger partial charge in [-0.3, -0.25) is 0 Å². The Labute approximate surface area is 132 Å². The van der Waals surface area contributed by atoms with Crippen LogP contribution in [0.4, 0.5) is 0 Å². The van der Waals surface area contributed by atoms with Crippen molar-refractivity contribution in [2.75, 3.05) is 0 Å². The van der Waals surface area contributed by atoms with Crippen LogP contribution in [0.15, 0.2) is 42.5 Å². The molecule has 0 fully saturated rings. The molecule has 0 amide bonds. The summed E-state index contributed by atoms with van der Waals surface area (Å²) < 4.78 is 5.98. The van der Waals surface area contributed by atoms with E-state index >= 15 is 0 Å². The maximum Gasteiger partial charge on any atom is 0.492 e. The van der Waals surface area contributed by atoms with Gasteiger partial charge < -0.3 is 14.8 Å². The first-order chi connectivity index (χ1) is 10.3. The average molecular weight is 298 g/mol. The minimum Gasteiger partial charge on any atom is -0.489 e. The van der Waals surface area contributed by atoms with Crippen molar-refractivity contribution in [3.8, 4) is 5.75 Å². The highest BCUT2D eigenvalue weighted by atomic mass is 16.5. The molecule has 116 valence electrons. The lowest BCUT2D eigenvalue weighted by Crippen LogP contribution is -2.34. The molecular weight excluding hydrogens is 275 g/mol. The van der Waals surface area contributed by atoms with E-state index in [1.807, 2.05) is 43.3 Å². The quantitative estimate of drug-likeness (QED) is 0.853. The Hall–Kier alpha value is -1.78. The summed E-state index contributed by atoms with van der Waals surface area (Å²) in [5.41, 5.74) is 3.27. The van der Waals surface area contributed by atoms with E-state index in [1.165, 1.54) is 0 Å². The zero-order chi connectivity index (χ0) is 16.3. The first-order valence-electron chi connectivity index (χ1n) is 7.47. The Kier molecular flexibility index (Phi) is 4.94. The van der Waals surface area contributed by atoms with Crippen molar-refractivity contribution in [1.29, 1.82) is 0 Å². The third kappa shape index (κ3) is 3.90. The molecule has 0 saturated carbocycles. The predicted molar refractivity (Wildman–Crippen MR) is 90.5 cm³/mol. The Balaban J connectivity index is 2.42. The van der Waals surface area contributed by atoms with E-state index in [2.05, 4.69) is 20.8 Å². The van der Waals surface area contributed by atoms with Crippen LogP contribution in [0.5, 0.6) is 5.75 Å². The van der Waals surface area contributed by atoms with Crippen molar-refractivity contribution in [2.45, 2.75) is 39.7 Å². The van der Waals surface area contributed by atoms with Crippen LogP contribution in [0.2, 0.25) is 0 Å². The maximum absolute atomic E-state index is 9.69. The number of aryl methyl sites for hydroxylation is 1. The monoisotopic (exact) mass is 298 g/mol. The summed E-state index contributed by atoms with van der Waals surface area (Å²) in [6.45, 7) is 8.61. The molecule has 0 spiro atoms. The highest BCUT2D eigenvalue weighted by Crippen LogP contribution is 2.31. The minimum atomic E-state index is -1.55. The molecule has 2 N–H and O–H groups in total. The molecule has 0 aliphatic heterocycles. The van der Waals surface area contributed by atoms with Gasteiger partial charge in [-0.1, -0.05) is 68.8 Å². The summed E-state index contributed by atoms with van der Waals surface area (Å²) in [5.74, 6) is 0.567. The van der Waals surface area contributed by atoms with Crippen LogP contribution in [0.1, 0.15) is 37.5 Å². The third-order valence-corrected chi connectivity index (χ3v) is 3.57. The van der Waals surface area contributed by atoms with E-state index in [1.54, 1.807) is 6.07 Å². The van der Waals surface area contributed by atoms with Crippen LogP contribution >= 0.6 is 0 Å². The molecule has 0 heterocycles. The van der Waals surface area contributed by atoms with Crippen LogP contribution in [-0.4, -0.2) is 17.2 Å². The van der Waals surface area contributed by atoms with Gasteiger partial charge in [0.15, 0.2) is 0 Å². The molecule has 0 aliphatic carbocycles. The molecule has 4 heteroatoms. The number of ether oxygens (including phenoxy) is 1. The van der Waals surface area contributed by atoms with E-state index in [-0.39, 0.29) is 5.41 Å². The van der Waals surface area contributed by atoms with Gasteiger partial charge in [-0.2, -0.15) is 0 Å². The second-order valence-corrected chi connectivity index (χ2v) is 6.63. The van der Waals surface area contributed by atoms with Crippen LogP contribution < -0.4 is 10.2 Å². The zero-order valence-corrected chi connectivity index (χ0v) is 13.6. The standard InChI is InChI=1S/C18H23BO3/c1-13-10-15(18(2,3)4)17(16(11-13)19(20)21)22-12-14-8-6-5-7-9-14/h5-11,20-21H,12H2,1-4H3. The average Bonchev–Trinajstić information content (AvgIpc) is 2.45. The molecule has 22 heavy (non-hydrogen) atoms. The molecule has 2 rings (SSSR count). The fourth-order valence-electron chi connectivity index (χ4n) is 2.44. The smallest absolute Gasteiger partial charge is 0.489 e. The molecule has 0 aliphatic rings. The summed E-state index contributed by atoms with van der Waals surface area (Å²) in [4.78, 5) is 0. The molecule has 0 aromatic heterocycles. The van der Waals surface area contributed by atoms with Gasteiger partial charge in [0.25, 0.3) is 0 Å². The molecule has 2 aromatic carbocycles. The van der Waals surface area contributed by atoms with Crippen molar-refractivity contribution < 1.29 is 14.8 Å². The highest BCUT2D eigenvalue weighted by Gasteiger charge is 2.26. The van der Waals surface area contributed by atoms with Crippen LogP contribution in [0, 0.1) is 6.92 Å². The number of rotatable bonds is 4. The van der Waals surface area contributed by atoms with Crippen LogP contribution in [-0.2, 0) is 12.0 Å². The molecule has 3 nitrogen and oxygen atoms in total. The Bertz CT molecular complexity index is 631. The second-order valence-electron chi connectivity index (χ2n) is 6.63. The van der Waals surface area contributed by atoms with E-state index < -0.39 is 7.12 Å². The molecular formula is C18H23BO3. The fraction of sp³-hybridized carbons (Fsp3) is 0.333. The van der Waals surface area contributed by atoms with Gasteiger partial charge in [-0.25, -0.2) is 0 Å². The van der Waals surface area contributed by atoms with Crippen LogP contribution in [0.25, 0.3) is 0 Å². The first-order valence-corrected chi connectivity index (χ1v) is 7.47. The number of benzene rings is 2. The Morgan fingerprint density at radius 1 is 1.05 bits per heavy atom. The molecule has 0 atom stereocenters. The van der Waals surface area contributed by atoms with Gasteiger partial charge in [0.1, 0.15) is 12.4 Å². The van der Waals surface area contributed by atoms with Gasteiger partial charge in [0.2, 0.25) is 0 Å². The van der Waals surface area contributed by atoms with Crippen LogP contribution in [0.3, 0.4) is 0 Å². The van der Waals surface area contributed by atoms with Crippen molar-refractivity contribution in [3.05, 3.63) is 59.2 Å². The minimum absolute atomic E-state index is 0.151.